The van der Waals surface area contributed by atoms with Crippen LogP contribution >= 0.6 is 23.4 Å². The van der Waals surface area contributed by atoms with E-state index in [-0.39, 0.29) is 51.1 Å². The van der Waals surface area contributed by atoms with Gasteiger partial charge in [0.2, 0.25) is 11.7 Å². The molecule has 250 valence electrons. The van der Waals surface area contributed by atoms with Crippen molar-refractivity contribution in [2.45, 2.75) is 17.9 Å². The van der Waals surface area contributed by atoms with E-state index in [0.717, 1.165) is 30.0 Å². The number of ether oxygens (including phenoxy) is 5. The number of hydrogen-bond donors (Lipinski definition) is 2. The Morgan fingerprint density at radius 2 is 1.55 bits per heavy atom. The molecule has 0 radical (unpaired) electrons. The predicted molar refractivity (Wildman–Crippen MR) is 168 cm³/mol. The summed E-state index contributed by atoms with van der Waals surface area (Å²) in [7, 11) is 7.24. The first-order chi connectivity index (χ1) is 22.4. The topological polar surface area (TPSA) is 135 Å². The van der Waals surface area contributed by atoms with Gasteiger partial charge in [-0.2, -0.15) is 13.2 Å². The third-order valence-corrected chi connectivity index (χ3v) is 7.82. The van der Waals surface area contributed by atoms with Crippen LogP contribution in [0.1, 0.15) is 21.7 Å². The van der Waals surface area contributed by atoms with Crippen molar-refractivity contribution in [2.24, 2.45) is 0 Å². The number of alkyl halides is 3. The van der Waals surface area contributed by atoms with Crippen molar-refractivity contribution in [3.63, 3.8) is 0 Å². The summed E-state index contributed by atoms with van der Waals surface area (Å²) in [6.07, 6.45) is -4.62. The highest BCUT2D eigenvalue weighted by molar-refractivity contribution is 7.99. The number of carbonyl (C=O) groups excluding carboxylic acids is 2. The van der Waals surface area contributed by atoms with Crippen LogP contribution in [0, 0.1) is 0 Å². The molecule has 0 fully saturated rings. The van der Waals surface area contributed by atoms with Crippen LogP contribution in [0.25, 0.3) is 5.69 Å². The second-order valence-corrected chi connectivity index (χ2v) is 10.7. The molecule has 47 heavy (non-hydrogen) atoms. The molecule has 0 bridgehead atoms. The van der Waals surface area contributed by atoms with Crippen LogP contribution in [-0.2, 0) is 17.5 Å². The molecule has 4 rings (SSSR count). The summed E-state index contributed by atoms with van der Waals surface area (Å²) in [5.41, 5.74) is -0.520. The minimum Gasteiger partial charge on any atom is -0.497 e. The molecule has 17 heteroatoms. The Labute approximate surface area is 276 Å². The van der Waals surface area contributed by atoms with Crippen LogP contribution in [0.3, 0.4) is 0 Å². The number of halogens is 4. The van der Waals surface area contributed by atoms with E-state index in [4.69, 9.17) is 35.3 Å². The lowest BCUT2D eigenvalue weighted by Gasteiger charge is -2.16. The number of nitrogens with zero attached hydrogens (tertiary/aromatic N) is 3. The second kappa shape index (κ2) is 15.2. The highest BCUT2D eigenvalue weighted by Gasteiger charge is 2.31. The van der Waals surface area contributed by atoms with Crippen molar-refractivity contribution < 1.29 is 46.4 Å². The fourth-order valence-electron chi connectivity index (χ4n) is 4.31. The number of amides is 2. The van der Waals surface area contributed by atoms with Crippen molar-refractivity contribution in [3.05, 3.63) is 70.5 Å². The molecule has 2 amide bonds. The van der Waals surface area contributed by atoms with Crippen molar-refractivity contribution in [1.82, 2.24) is 20.1 Å². The van der Waals surface area contributed by atoms with Gasteiger partial charge in [-0.1, -0.05) is 23.4 Å². The lowest BCUT2D eigenvalue weighted by Crippen LogP contribution is -2.25. The van der Waals surface area contributed by atoms with E-state index in [1.54, 1.807) is 22.8 Å². The molecule has 1 aromatic heterocycles. The van der Waals surface area contributed by atoms with E-state index in [9.17, 15) is 22.8 Å². The van der Waals surface area contributed by atoms with Gasteiger partial charge in [-0.05, 0) is 42.5 Å². The van der Waals surface area contributed by atoms with E-state index >= 15 is 0 Å². The number of carbonyl (C=O) groups is 2. The summed E-state index contributed by atoms with van der Waals surface area (Å²) in [6, 6.07) is 10.6. The largest absolute Gasteiger partial charge is 0.497 e. The summed E-state index contributed by atoms with van der Waals surface area (Å²) in [4.78, 5) is 26.1. The van der Waals surface area contributed by atoms with Gasteiger partial charge < -0.3 is 34.3 Å². The van der Waals surface area contributed by atoms with Gasteiger partial charge in [0, 0.05) is 11.6 Å². The molecule has 0 aliphatic carbocycles. The average Bonchev–Trinajstić information content (AvgIpc) is 3.47. The highest BCUT2D eigenvalue weighted by atomic mass is 35.5. The number of nitrogens with one attached hydrogen (secondary N) is 2. The van der Waals surface area contributed by atoms with Gasteiger partial charge in [0.15, 0.2) is 22.5 Å². The van der Waals surface area contributed by atoms with Crippen LogP contribution < -0.4 is 34.3 Å². The molecule has 0 aliphatic rings. The Hall–Kier alpha value is -4.83. The molecule has 12 nitrogen and oxygen atoms in total. The van der Waals surface area contributed by atoms with Gasteiger partial charge in [-0.15, -0.1) is 10.2 Å². The molecule has 0 saturated heterocycles. The van der Waals surface area contributed by atoms with Crippen LogP contribution in [0.15, 0.2) is 53.7 Å². The van der Waals surface area contributed by atoms with Gasteiger partial charge in [0.25, 0.3) is 5.91 Å². The van der Waals surface area contributed by atoms with Crippen molar-refractivity contribution in [1.29, 1.82) is 0 Å². The van der Waals surface area contributed by atoms with E-state index in [1.807, 2.05) is 0 Å². The van der Waals surface area contributed by atoms with Gasteiger partial charge in [0.05, 0.1) is 69.8 Å². The summed E-state index contributed by atoms with van der Waals surface area (Å²) in [5, 5.41) is 13.8. The fraction of sp³-hybridized carbons (Fsp3) is 0.267. The molecule has 0 aliphatic heterocycles. The molecule has 4 aromatic rings. The summed E-state index contributed by atoms with van der Waals surface area (Å²) in [5.74, 6) is 0.561. The number of thioether (sulfide) groups is 1. The maximum atomic E-state index is 13.2. The van der Waals surface area contributed by atoms with E-state index in [2.05, 4.69) is 20.8 Å². The average molecular weight is 696 g/mol. The number of aromatic nitrogens is 3. The quantitative estimate of drug-likeness (QED) is 0.169. The van der Waals surface area contributed by atoms with Crippen LogP contribution in [0.5, 0.6) is 28.7 Å². The Balaban J connectivity index is 1.62. The van der Waals surface area contributed by atoms with Crippen LogP contribution in [0.2, 0.25) is 5.02 Å². The lowest BCUT2D eigenvalue weighted by atomic mass is 10.1. The molecular weight excluding hydrogens is 667 g/mol. The molecule has 0 unspecified atom stereocenters. The zero-order chi connectivity index (χ0) is 34.3. The molecule has 0 atom stereocenters. The first kappa shape index (κ1) is 35.0. The van der Waals surface area contributed by atoms with Crippen molar-refractivity contribution in [3.8, 4) is 34.4 Å². The first-order valence-corrected chi connectivity index (χ1v) is 14.8. The third kappa shape index (κ3) is 8.13. The minimum atomic E-state index is -4.62. The Bertz CT molecular complexity index is 1750. The van der Waals surface area contributed by atoms with Gasteiger partial charge in [-0.3, -0.25) is 14.2 Å². The smallest absolute Gasteiger partial charge is 0.416 e. The summed E-state index contributed by atoms with van der Waals surface area (Å²) in [6.45, 7) is -0.130. The molecule has 0 saturated carbocycles. The number of benzene rings is 3. The number of rotatable bonds is 13. The standard InChI is InChI=1S/C30H29ClF3N5O7S/c1-42-18-7-9-22(43-2)21(13-18)39-25(14-35-28(41)16-10-23(44-3)27(46-5)24(11-16)45-4)37-38-29(39)47-15-26(40)36-20-12-17(30(32,33)34)6-8-19(20)31/h6-13H,14-15H2,1-5H3,(H,35,41)(H,36,40). The zero-order valence-electron chi connectivity index (χ0n) is 25.7. The van der Waals surface area contributed by atoms with Crippen LogP contribution in [-0.4, -0.2) is 67.9 Å². The van der Waals surface area contributed by atoms with Crippen molar-refractivity contribution >= 4 is 40.9 Å². The van der Waals surface area contributed by atoms with E-state index < -0.39 is 23.6 Å². The molecule has 2 N–H and O–H groups in total. The van der Waals surface area contributed by atoms with E-state index in [0.29, 0.717) is 22.9 Å². The van der Waals surface area contributed by atoms with Gasteiger partial charge in [-0.25, -0.2) is 0 Å². The highest BCUT2D eigenvalue weighted by Crippen LogP contribution is 2.38. The predicted octanol–water partition coefficient (Wildman–Crippen LogP) is 5.64. The molecule has 1 heterocycles. The van der Waals surface area contributed by atoms with E-state index in [1.165, 1.54) is 47.7 Å². The Kier molecular flexibility index (Phi) is 11.3. The minimum absolute atomic E-state index is 0.0641. The SMILES string of the molecule is COc1ccc(OC)c(-n2c(CNC(=O)c3cc(OC)c(OC)c(OC)c3)nnc2SCC(=O)Nc2cc(C(F)(F)F)ccc2Cl)c1. The molecule has 0 spiro atoms. The summed E-state index contributed by atoms with van der Waals surface area (Å²) >= 11 is 6.97. The third-order valence-electron chi connectivity index (χ3n) is 6.56. The second-order valence-electron chi connectivity index (χ2n) is 9.40. The normalized spacial score (nSPS) is 11.1. The fourth-order valence-corrected chi connectivity index (χ4v) is 5.24. The van der Waals surface area contributed by atoms with Crippen LogP contribution in [0.4, 0.5) is 18.9 Å². The Morgan fingerprint density at radius 1 is 0.872 bits per heavy atom. The number of methoxy groups -OCH3 is 5. The van der Waals surface area contributed by atoms with Gasteiger partial charge >= 0.3 is 6.18 Å². The monoisotopic (exact) mass is 695 g/mol. The first-order valence-electron chi connectivity index (χ1n) is 13.5. The number of hydrogen-bond acceptors (Lipinski definition) is 10. The lowest BCUT2D eigenvalue weighted by molar-refractivity contribution is -0.137. The molecular formula is C30H29ClF3N5O7S. The zero-order valence-corrected chi connectivity index (χ0v) is 27.2. The van der Waals surface area contributed by atoms with Crippen molar-refractivity contribution in [2.75, 3.05) is 46.6 Å². The maximum absolute atomic E-state index is 13.2. The van der Waals surface area contributed by atoms with Gasteiger partial charge in [0.1, 0.15) is 11.5 Å². The number of anilines is 1. The summed E-state index contributed by atoms with van der Waals surface area (Å²) < 4.78 is 68.1. The Morgan fingerprint density at radius 3 is 2.15 bits per heavy atom. The maximum Gasteiger partial charge on any atom is 0.416 e. The molecule has 3 aromatic carbocycles.